The average molecular weight is 305 g/mol. The highest BCUT2D eigenvalue weighted by Crippen LogP contribution is 2.33. The number of halogens is 3. The minimum atomic E-state index is -4.71. The van der Waals surface area contributed by atoms with Crippen LogP contribution in [0.25, 0.3) is 0 Å². The van der Waals surface area contributed by atoms with Gasteiger partial charge in [-0.2, -0.15) is 0 Å². The number of hydrogen-bond acceptors (Lipinski definition) is 3. The zero-order valence-electron chi connectivity index (χ0n) is 12.5. The number of likely N-dealkylation sites (N-methyl/N-ethyl adjacent to an activating group) is 1. The van der Waals surface area contributed by atoms with Crippen LogP contribution in [0.3, 0.4) is 0 Å². The van der Waals surface area contributed by atoms with Gasteiger partial charge in [-0.05, 0) is 19.0 Å². The van der Waals surface area contributed by atoms with Crippen LogP contribution in [0.15, 0.2) is 24.3 Å². The van der Waals surface area contributed by atoms with E-state index in [0.717, 1.165) is 12.8 Å². The summed E-state index contributed by atoms with van der Waals surface area (Å²) in [4.78, 5) is 0. The van der Waals surface area contributed by atoms with Crippen molar-refractivity contribution >= 4 is 0 Å². The lowest BCUT2D eigenvalue weighted by Gasteiger charge is -2.28. The first-order chi connectivity index (χ1) is 9.92. The third kappa shape index (κ3) is 5.55. The van der Waals surface area contributed by atoms with Crippen molar-refractivity contribution in [3.63, 3.8) is 0 Å². The van der Waals surface area contributed by atoms with Crippen LogP contribution in [0.4, 0.5) is 13.2 Å². The quantitative estimate of drug-likeness (QED) is 0.786. The summed E-state index contributed by atoms with van der Waals surface area (Å²) in [5.41, 5.74) is 0.456. The number of benzene rings is 1. The Hall–Kier alpha value is -1.27. The highest BCUT2D eigenvalue weighted by molar-refractivity contribution is 5.36. The maximum Gasteiger partial charge on any atom is 0.573 e. The largest absolute Gasteiger partial charge is 0.573 e. The Labute approximate surface area is 123 Å². The van der Waals surface area contributed by atoms with E-state index in [1.54, 1.807) is 19.2 Å². The first kappa shape index (κ1) is 17.8. The second-order valence-electron chi connectivity index (χ2n) is 4.68. The van der Waals surface area contributed by atoms with Gasteiger partial charge < -0.3 is 14.8 Å². The number of ether oxygens (including phenoxy) is 2. The van der Waals surface area contributed by atoms with E-state index in [0.29, 0.717) is 12.1 Å². The Morgan fingerprint density at radius 2 is 1.86 bits per heavy atom. The van der Waals surface area contributed by atoms with E-state index in [4.69, 9.17) is 4.74 Å². The molecule has 2 atom stereocenters. The van der Waals surface area contributed by atoms with Gasteiger partial charge >= 0.3 is 6.36 Å². The van der Waals surface area contributed by atoms with Gasteiger partial charge in [0.05, 0.1) is 12.1 Å². The van der Waals surface area contributed by atoms with Crippen LogP contribution in [0.1, 0.15) is 38.3 Å². The molecule has 0 fully saturated rings. The molecule has 0 saturated heterocycles. The third-order valence-electron chi connectivity index (χ3n) is 3.15. The Balaban J connectivity index is 3.12. The molecule has 0 heterocycles. The fourth-order valence-corrected chi connectivity index (χ4v) is 2.32. The van der Waals surface area contributed by atoms with Crippen LogP contribution in [-0.4, -0.2) is 26.1 Å². The van der Waals surface area contributed by atoms with Crippen molar-refractivity contribution in [2.45, 2.75) is 45.2 Å². The summed E-state index contributed by atoms with van der Waals surface area (Å²) >= 11 is 0. The van der Waals surface area contributed by atoms with E-state index >= 15 is 0 Å². The zero-order valence-corrected chi connectivity index (χ0v) is 12.5. The van der Waals surface area contributed by atoms with Crippen molar-refractivity contribution in [1.82, 2.24) is 5.32 Å². The highest BCUT2D eigenvalue weighted by atomic mass is 19.4. The molecule has 0 aliphatic carbocycles. The highest BCUT2D eigenvalue weighted by Gasteiger charge is 2.34. The molecular formula is C15H22F3NO2. The van der Waals surface area contributed by atoms with E-state index in [2.05, 4.69) is 10.1 Å². The van der Waals surface area contributed by atoms with E-state index in [1.165, 1.54) is 12.1 Å². The Kier molecular flexibility index (Phi) is 6.98. The number of hydrogen-bond donors (Lipinski definition) is 1. The van der Waals surface area contributed by atoms with Crippen LogP contribution >= 0.6 is 0 Å². The monoisotopic (exact) mass is 305 g/mol. The fourth-order valence-electron chi connectivity index (χ4n) is 2.32. The van der Waals surface area contributed by atoms with Crippen molar-refractivity contribution in [1.29, 1.82) is 0 Å². The topological polar surface area (TPSA) is 30.5 Å². The smallest absolute Gasteiger partial charge is 0.405 e. The van der Waals surface area contributed by atoms with Gasteiger partial charge in [0.15, 0.2) is 0 Å². The normalized spacial score (nSPS) is 14.8. The molecule has 3 nitrogen and oxygen atoms in total. The molecule has 0 amide bonds. The van der Waals surface area contributed by atoms with Crippen molar-refractivity contribution in [2.24, 2.45) is 0 Å². The van der Waals surface area contributed by atoms with E-state index in [9.17, 15) is 13.2 Å². The summed E-state index contributed by atoms with van der Waals surface area (Å²) in [6.07, 6.45) is -3.30. The first-order valence-corrected chi connectivity index (χ1v) is 7.03. The van der Waals surface area contributed by atoms with Gasteiger partial charge in [0, 0.05) is 12.7 Å². The molecule has 0 aliphatic heterocycles. The van der Waals surface area contributed by atoms with Crippen LogP contribution in [0.2, 0.25) is 0 Å². The molecular weight excluding hydrogens is 283 g/mol. The zero-order chi connectivity index (χ0) is 15.9. The van der Waals surface area contributed by atoms with Crippen LogP contribution in [0, 0.1) is 0 Å². The second kappa shape index (κ2) is 8.24. The number of rotatable bonds is 8. The van der Waals surface area contributed by atoms with Crippen molar-refractivity contribution in [3.8, 4) is 5.75 Å². The molecule has 0 saturated carbocycles. The fraction of sp³-hybridized carbons (Fsp3) is 0.600. The molecule has 6 heteroatoms. The molecule has 0 radical (unpaired) electrons. The van der Waals surface area contributed by atoms with Crippen molar-refractivity contribution < 1.29 is 22.6 Å². The lowest BCUT2D eigenvalue weighted by molar-refractivity contribution is -0.275. The molecule has 1 rings (SSSR count). The van der Waals surface area contributed by atoms with Gasteiger partial charge in [-0.1, -0.05) is 38.5 Å². The summed E-state index contributed by atoms with van der Waals surface area (Å²) < 4.78 is 47.2. The van der Waals surface area contributed by atoms with Gasteiger partial charge in [-0.15, -0.1) is 13.2 Å². The Morgan fingerprint density at radius 1 is 1.19 bits per heavy atom. The third-order valence-corrected chi connectivity index (χ3v) is 3.15. The van der Waals surface area contributed by atoms with Crippen LogP contribution in [-0.2, 0) is 4.74 Å². The second-order valence-corrected chi connectivity index (χ2v) is 4.68. The number of nitrogens with one attached hydrogen (secondary N) is 1. The van der Waals surface area contributed by atoms with Crippen molar-refractivity contribution in [3.05, 3.63) is 29.8 Å². The van der Waals surface area contributed by atoms with Crippen molar-refractivity contribution in [2.75, 3.05) is 13.7 Å². The molecule has 0 aromatic heterocycles. The summed E-state index contributed by atoms with van der Waals surface area (Å²) in [5.74, 6) is -0.186. The predicted octanol–water partition coefficient (Wildman–Crippen LogP) is 4.05. The summed E-state index contributed by atoms with van der Waals surface area (Å²) in [5, 5.41) is 3.19. The van der Waals surface area contributed by atoms with Gasteiger partial charge in [0.25, 0.3) is 0 Å². The SMILES string of the molecule is CCCC(OC)C(NCC)c1ccccc1OC(F)(F)F. The minimum absolute atomic E-state index is 0.186. The molecule has 0 spiro atoms. The molecule has 120 valence electrons. The Morgan fingerprint density at radius 3 is 2.38 bits per heavy atom. The Bertz CT molecular complexity index is 424. The summed E-state index contributed by atoms with van der Waals surface area (Å²) in [6, 6.07) is 5.83. The lowest BCUT2D eigenvalue weighted by Crippen LogP contribution is -2.34. The molecule has 0 bridgehead atoms. The van der Waals surface area contributed by atoms with E-state index in [-0.39, 0.29) is 17.9 Å². The van der Waals surface area contributed by atoms with E-state index < -0.39 is 6.36 Å². The maximum absolute atomic E-state index is 12.5. The van der Waals surface area contributed by atoms with Gasteiger partial charge in [0.1, 0.15) is 5.75 Å². The number of para-hydroxylation sites is 1. The van der Waals surface area contributed by atoms with Gasteiger partial charge in [-0.25, -0.2) is 0 Å². The molecule has 21 heavy (non-hydrogen) atoms. The predicted molar refractivity (Wildman–Crippen MR) is 75.2 cm³/mol. The number of methoxy groups -OCH3 is 1. The summed E-state index contributed by atoms with van der Waals surface area (Å²) in [7, 11) is 1.57. The summed E-state index contributed by atoms with van der Waals surface area (Å²) in [6.45, 7) is 4.53. The minimum Gasteiger partial charge on any atom is -0.405 e. The molecule has 2 unspecified atom stereocenters. The molecule has 1 aromatic carbocycles. The molecule has 0 aliphatic rings. The standard InChI is InChI=1S/C15H22F3NO2/c1-4-8-13(20-3)14(19-5-2)11-9-6-7-10-12(11)21-15(16,17)18/h6-7,9-10,13-14,19H,4-5,8H2,1-3H3. The van der Waals surface area contributed by atoms with Gasteiger partial charge in [-0.3, -0.25) is 0 Å². The van der Waals surface area contributed by atoms with Crippen LogP contribution < -0.4 is 10.1 Å². The molecule has 1 N–H and O–H groups in total. The average Bonchev–Trinajstić information content (AvgIpc) is 2.42. The van der Waals surface area contributed by atoms with Gasteiger partial charge in [0.2, 0.25) is 0 Å². The van der Waals surface area contributed by atoms with Crippen LogP contribution in [0.5, 0.6) is 5.75 Å². The number of alkyl halides is 3. The van der Waals surface area contributed by atoms with E-state index in [1.807, 2.05) is 13.8 Å². The molecule has 1 aromatic rings. The lowest BCUT2D eigenvalue weighted by atomic mass is 9.97. The first-order valence-electron chi connectivity index (χ1n) is 7.03. The maximum atomic E-state index is 12.5.